The fraction of sp³-hybridized carbons (Fsp3) is 0.636. The van der Waals surface area contributed by atoms with Crippen LogP contribution in [-0.4, -0.2) is 43.8 Å². The van der Waals surface area contributed by atoms with Crippen LogP contribution in [-0.2, 0) is 14.8 Å². The molecule has 1 N–H and O–H groups in total. The Morgan fingerprint density at radius 1 is 1.55 bits per heavy atom. The van der Waals surface area contributed by atoms with Gasteiger partial charge in [0.25, 0.3) is 10.0 Å². The Morgan fingerprint density at radius 3 is 2.80 bits per heavy atom. The predicted molar refractivity (Wildman–Crippen MR) is 77.4 cm³/mol. The van der Waals surface area contributed by atoms with Gasteiger partial charge in [0.2, 0.25) is 5.91 Å². The van der Waals surface area contributed by atoms with E-state index in [1.807, 2.05) is 0 Å². The van der Waals surface area contributed by atoms with Gasteiger partial charge in [-0.05, 0) is 19.8 Å². The summed E-state index contributed by atoms with van der Waals surface area (Å²) in [7, 11) is -2.06. The smallest absolute Gasteiger partial charge is 0.254 e. The van der Waals surface area contributed by atoms with Gasteiger partial charge in [0.15, 0.2) is 8.68 Å². The molecule has 6 nitrogen and oxygen atoms in total. The molecule has 112 valence electrons. The third-order valence-electron chi connectivity index (χ3n) is 3.30. The molecule has 0 saturated carbocycles. The van der Waals surface area contributed by atoms with Crippen LogP contribution >= 0.6 is 22.9 Å². The van der Waals surface area contributed by atoms with Crippen LogP contribution in [0.15, 0.2) is 4.21 Å². The number of halogens is 1. The molecule has 1 saturated heterocycles. The number of thiazole rings is 1. The van der Waals surface area contributed by atoms with E-state index in [0.29, 0.717) is 25.1 Å². The number of rotatable bonds is 3. The normalized spacial score (nSPS) is 20.9. The van der Waals surface area contributed by atoms with E-state index in [9.17, 15) is 13.2 Å². The molecule has 9 heteroatoms. The second-order valence-corrected chi connectivity index (χ2v) is 8.37. The van der Waals surface area contributed by atoms with Crippen molar-refractivity contribution in [1.82, 2.24) is 14.6 Å². The molecule has 1 amide bonds. The molecule has 0 aliphatic carbocycles. The number of nitrogens with one attached hydrogen (secondary N) is 1. The highest BCUT2D eigenvalue weighted by Crippen LogP contribution is 2.31. The van der Waals surface area contributed by atoms with Gasteiger partial charge in [-0.3, -0.25) is 4.79 Å². The van der Waals surface area contributed by atoms with Crippen molar-refractivity contribution < 1.29 is 13.2 Å². The number of aromatic nitrogens is 1. The van der Waals surface area contributed by atoms with Crippen molar-refractivity contribution in [3.05, 3.63) is 10.2 Å². The van der Waals surface area contributed by atoms with E-state index in [1.54, 1.807) is 14.0 Å². The van der Waals surface area contributed by atoms with Crippen molar-refractivity contribution >= 4 is 38.9 Å². The van der Waals surface area contributed by atoms with Crippen LogP contribution in [0.2, 0.25) is 4.47 Å². The molecule has 1 aromatic rings. The van der Waals surface area contributed by atoms with E-state index in [1.165, 1.54) is 4.31 Å². The summed E-state index contributed by atoms with van der Waals surface area (Å²) in [6.07, 6.45) is 1.37. The Morgan fingerprint density at radius 2 is 2.25 bits per heavy atom. The van der Waals surface area contributed by atoms with E-state index >= 15 is 0 Å². The molecule has 0 aromatic carbocycles. The lowest BCUT2D eigenvalue weighted by molar-refractivity contribution is -0.125. The van der Waals surface area contributed by atoms with Gasteiger partial charge in [0, 0.05) is 20.1 Å². The zero-order valence-electron chi connectivity index (χ0n) is 11.2. The fourth-order valence-corrected chi connectivity index (χ4v) is 5.68. The van der Waals surface area contributed by atoms with Gasteiger partial charge >= 0.3 is 0 Å². The van der Waals surface area contributed by atoms with Gasteiger partial charge in [-0.2, -0.15) is 4.31 Å². The minimum atomic E-state index is -3.62. The zero-order chi connectivity index (χ0) is 14.9. The molecule has 1 aliphatic heterocycles. The number of hydrogen-bond acceptors (Lipinski definition) is 5. The van der Waals surface area contributed by atoms with Crippen LogP contribution < -0.4 is 5.32 Å². The molecule has 1 aliphatic rings. The van der Waals surface area contributed by atoms with Crippen LogP contribution in [0.1, 0.15) is 18.5 Å². The van der Waals surface area contributed by atoms with Gasteiger partial charge in [-0.1, -0.05) is 22.9 Å². The van der Waals surface area contributed by atoms with Crippen molar-refractivity contribution in [1.29, 1.82) is 0 Å². The molecule has 1 unspecified atom stereocenters. The molecule has 1 aromatic heterocycles. The number of aryl methyl sites for hydroxylation is 1. The third kappa shape index (κ3) is 2.98. The number of piperidine rings is 1. The molecular weight excluding hydrogens is 322 g/mol. The van der Waals surface area contributed by atoms with E-state index in [0.717, 1.165) is 11.3 Å². The first-order valence-electron chi connectivity index (χ1n) is 6.21. The summed E-state index contributed by atoms with van der Waals surface area (Å²) in [6, 6.07) is 0. The highest BCUT2D eigenvalue weighted by Gasteiger charge is 2.35. The Labute approximate surface area is 127 Å². The van der Waals surface area contributed by atoms with Gasteiger partial charge in [0.1, 0.15) is 0 Å². The number of hydrogen-bond donors (Lipinski definition) is 1. The van der Waals surface area contributed by atoms with Gasteiger partial charge in [-0.15, -0.1) is 0 Å². The Hall–Kier alpha value is -0.700. The first kappa shape index (κ1) is 15.7. The maximum Gasteiger partial charge on any atom is 0.254 e. The largest absolute Gasteiger partial charge is 0.359 e. The Bertz CT molecular complexity index is 614. The summed E-state index contributed by atoms with van der Waals surface area (Å²) >= 11 is 6.73. The zero-order valence-corrected chi connectivity index (χ0v) is 13.6. The van der Waals surface area contributed by atoms with Gasteiger partial charge in [-0.25, -0.2) is 13.4 Å². The average Bonchev–Trinajstić information content (AvgIpc) is 2.77. The second-order valence-electron chi connectivity index (χ2n) is 4.66. The van der Waals surface area contributed by atoms with Crippen molar-refractivity contribution in [3.63, 3.8) is 0 Å². The highest BCUT2D eigenvalue weighted by molar-refractivity contribution is 7.91. The first-order valence-corrected chi connectivity index (χ1v) is 8.84. The molecule has 0 bridgehead atoms. The SMILES string of the molecule is CNC(=O)C1CCCN(S(=O)(=O)c2sc(Cl)nc2C)C1. The minimum absolute atomic E-state index is 0.121. The van der Waals surface area contributed by atoms with Gasteiger partial charge < -0.3 is 5.32 Å². The Balaban J connectivity index is 2.26. The topological polar surface area (TPSA) is 79.4 Å². The molecule has 20 heavy (non-hydrogen) atoms. The van der Waals surface area contributed by atoms with Crippen LogP contribution in [0.3, 0.4) is 0 Å². The highest BCUT2D eigenvalue weighted by atomic mass is 35.5. The van der Waals surface area contributed by atoms with Crippen molar-refractivity contribution in [2.45, 2.75) is 24.0 Å². The van der Waals surface area contributed by atoms with Crippen LogP contribution in [0.4, 0.5) is 0 Å². The summed E-state index contributed by atoms with van der Waals surface area (Å²) < 4.78 is 26.9. The molecule has 0 radical (unpaired) electrons. The quantitative estimate of drug-likeness (QED) is 0.900. The number of carbonyl (C=O) groups excluding carboxylic acids is 1. The lowest BCUT2D eigenvalue weighted by Gasteiger charge is -2.30. The summed E-state index contributed by atoms with van der Waals surface area (Å²) in [6.45, 7) is 2.25. The van der Waals surface area contributed by atoms with Crippen molar-refractivity contribution in [2.24, 2.45) is 5.92 Å². The maximum absolute atomic E-state index is 12.6. The molecule has 1 atom stereocenters. The maximum atomic E-state index is 12.6. The molecule has 0 spiro atoms. The third-order valence-corrected chi connectivity index (χ3v) is 7.02. The van der Waals surface area contributed by atoms with Crippen molar-refractivity contribution in [2.75, 3.05) is 20.1 Å². The molecule has 2 rings (SSSR count). The minimum Gasteiger partial charge on any atom is -0.359 e. The standard InChI is InChI=1S/C11H16ClN3O3S2/c1-7-10(19-11(12)14-7)20(17,18)15-5-3-4-8(6-15)9(16)13-2/h8H,3-6H2,1-2H3,(H,13,16). The number of amides is 1. The number of carbonyl (C=O) groups is 1. The van der Waals surface area contributed by atoms with E-state index in [4.69, 9.17) is 11.6 Å². The lowest BCUT2D eigenvalue weighted by Crippen LogP contribution is -2.44. The summed E-state index contributed by atoms with van der Waals surface area (Å²) in [5.41, 5.74) is 0.405. The van der Waals surface area contributed by atoms with Gasteiger partial charge in [0.05, 0.1) is 11.6 Å². The van der Waals surface area contributed by atoms with Crippen molar-refractivity contribution in [3.8, 4) is 0 Å². The number of nitrogens with zero attached hydrogens (tertiary/aromatic N) is 2. The van der Waals surface area contributed by atoms with E-state index < -0.39 is 10.0 Å². The molecular formula is C11H16ClN3O3S2. The summed E-state index contributed by atoms with van der Waals surface area (Å²) in [5.74, 6) is -0.420. The van der Waals surface area contributed by atoms with Crippen LogP contribution in [0.5, 0.6) is 0 Å². The van der Waals surface area contributed by atoms with E-state index in [-0.39, 0.29) is 27.0 Å². The molecule has 1 fully saturated rings. The summed E-state index contributed by atoms with van der Waals surface area (Å²) in [4.78, 5) is 15.6. The monoisotopic (exact) mass is 337 g/mol. The fourth-order valence-electron chi connectivity index (χ4n) is 2.29. The molecule has 2 heterocycles. The number of sulfonamides is 1. The van der Waals surface area contributed by atoms with Crippen LogP contribution in [0, 0.1) is 12.8 Å². The van der Waals surface area contributed by atoms with E-state index in [2.05, 4.69) is 10.3 Å². The van der Waals surface area contributed by atoms with Crippen LogP contribution in [0.25, 0.3) is 0 Å². The predicted octanol–water partition coefficient (Wildman–Crippen LogP) is 1.25. The lowest BCUT2D eigenvalue weighted by atomic mass is 9.99. The second kappa shape index (κ2) is 5.97. The first-order chi connectivity index (χ1) is 9.36. The summed E-state index contributed by atoms with van der Waals surface area (Å²) in [5, 5.41) is 2.57. The Kier molecular flexibility index (Phi) is 4.68. The average molecular weight is 338 g/mol.